The monoisotopic (exact) mass is 501 g/mol. The van der Waals surface area contributed by atoms with Crippen LogP contribution in [-0.2, 0) is 17.4 Å². The van der Waals surface area contributed by atoms with Crippen molar-refractivity contribution in [2.75, 3.05) is 12.4 Å². The number of hydrogen-bond acceptors (Lipinski definition) is 5. The van der Waals surface area contributed by atoms with Gasteiger partial charge in [0, 0.05) is 16.2 Å². The van der Waals surface area contributed by atoms with E-state index < -0.39 is 23.8 Å². The van der Waals surface area contributed by atoms with E-state index in [2.05, 4.69) is 5.16 Å². The van der Waals surface area contributed by atoms with Crippen LogP contribution in [0.2, 0.25) is 5.02 Å². The fourth-order valence-electron chi connectivity index (χ4n) is 3.34. The van der Waals surface area contributed by atoms with Crippen LogP contribution >= 0.6 is 23.4 Å². The summed E-state index contributed by atoms with van der Waals surface area (Å²) in [6.45, 7) is 3.89. The third kappa shape index (κ3) is 5.95. The summed E-state index contributed by atoms with van der Waals surface area (Å²) in [5.74, 6) is -0.367. The number of carboxylic acid groups (broad SMARTS) is 1. The fourth-order valence-corrected chi connectivity index (χ4v) is 4.53. The Morgan fingerprint density at radius 1 is 1.30 bits per heavy atom. The molecule has 1 aromatic heterocycles. The first-order valence-corrected chi connectivity index (χ1v) is 11.8. The molecule has 1 unspecified atom stereocenters. The van der Waals surface area contributed by atoms with Gasteiger partial charge in [-0.3, -0.25) is 4.79 Å². The fraction of sp³-hybridized carbons (Fsp3) is 0.391. The Bertz CT molecular complexity index is 1130. The number of hydrogen-bond donors (Lipinski definition) is 1. The predicted molar refractivity (Wildman–Crippen MR) is 121 cm³/mol. The summed E-state index contributed by atoms with van der Waals surface area (Å²) in [6.07, 6.45) is -2.70. The van der Waals surface area contributed by atoms with Gasteiger partial charge < -0.3 is 14.4 Å². The van der Waals surface area contributed by atoms with Gasteiger partial charge in [-0.1, -0.05) is 36.2 Å². The molecule has 0 saturated carbocycles. The molecule has 0 aliphatic carbocycles. The van der Waals surface area contributed by atoms with Crippen LogP contribution in [0.15, 0.2) is 39.8 Å². The third-order valence-corrected chi connectivity index (χ3v) is 6.68. The molecule has 1 heterocycles. The number of fused-ring (bicyclic) bond motifs is 1. The quantitative estimate of drug-likeness (QED) is 0.234. The highest BCUT2D eigenvalue weighted by Gasteiger charge is 2.37. The van der Waals surface area contributed by atoms with Gasteiger partial charge in [0.1, 0.15) is 5.75 Å². The zero-order chi connectivity index (χ0) is 24.2. The van der Waals surface area contributed by atoms with Crippen molar-refractivity contribution in [2.24, 2.45) is 0 Å². The zero-order valence-corrected chi connectivity index (χ0v) is 19.6. The van der Waals surface area contributed by atoms with Crippen molar-refractivity contribution in [2.45, 2.75) is 50.1 Å². The molecule has 3 rings (SSSR count). The van der Waals surface area contributed by atoms with Crippen LogP contribution < -0.4 is 4.74 Å². The summed E-state index contributed by atoms with van der Waals surface area (Å²) in [4.78, 5) is 12.0. The Kier molecular flexibility index (Phi) is 8.18. The van der Waals surface area contributed by atoms with Crippen molar-refractivity contribution in [3.05, 3.63) is 52.2 Å². The molecule has 0 radical (unpaired) electrons. The maximum absolute atomic E-state index is 13.1. The first-order valence-electron chi connectivity index (χ1n) is 10.4. The average molecular weight is 502 g/mol. The summed E-state index contributed by atoms with van der Waals surface area (Å²) >= 11 is 7.81. The number of ether oxygens (including phenoxy) is 1. The van der Waals surface area contributed by atoms with Crippen molar-refractivity contribution in [1.82, 2.24) is 5.16 Å². The Labute approximate surface area is 198 Å². The Hall–Kier alpha value is -2.39. The molecular formula is C23H23ClF3NO4S. The molecule has 3 aromatic rings. The van der Waals surface area contributed by atoms with E-state index in [1.54, 1.807) is 25.1 Å². The second-order valence-electron chi connectivity index (χ2n) is 7.50. The second-order valence-corrected chi connectivity index (χ2v) is 9.04. The van der Waals surface area contributed by atoms with E-state index in [0.717, 1.165) is 4.90 Å². The Balaban J connectivity index is 1.61. The minimum Gasteiger partial charge on any atom is -0.493 e. The number of rotatable bonds is 10. The summed E-state index contributed by atoms with van der Waals surface area (Å²) < 4.78 is 50.3. The van der Waals surface area contributed by atoms with Crippen LogP contribution in [-0.4, -0.2) is 28.6 Å². The maximum atomic E-state index is 13.1. The minimum atomic E-state index is -4.58. The maximum Gasteiger partial charge on any atom is 0.437 e. The first-order chi connectivity index (χ1) is 15.6. The standard InChI is InChI=1S/C23H23ClF3NO4S/c1-3-5-15-18(8-7-16-20(15)32-28-21(16)23(25,26)27)31-10-4-11-33-19-9-6-14(12-17(19)24)13(2)22(29)30/h6-9,12-13H,3-5,10-11H2,1-2H3,(H,29,30). The number of halogens is 4. The summed E-state index contributed by atoms with van der Waals surface area (Å²) in [6, 6.07) is 8.09. The van der Waals surface area contributed by atoms with Crippen LogP contribution in [0.25, 0.3) is 11.0 Å². The molecule has 1 atom stereocenters. The molecule has 0 bridgehead atoms. The van der Waals surface area contributed by atoms with Crippen LogP contribution in [0, 0.1) is 0 Å². The van der Waals surface area contributed by atoms with Crippen molar-refractivity contribution >= 4 is 40.3 Å². The highest BCUT2D eigenvalue weighted by Crippen LogP contribution is 2.38. The molecule has 33 heavy (non-hydrogen) atoms. The van der Waals surface area contributed by atoms with E-state index in [-0.39, 0.29) is 11.0 Å². The zero-order valence-electron chi connectivity index (χ0n) is 18.0. The normalized spacial score (nSPS) is 12.8. The van der Waals surface area contributed by atoms with E-state index in [1.807, 2.05) is 6.92 Å². The van der Waals surface area contributed by atoms with Crippen LogP contribution in [0.5, 0.6) is 5.75 Å². The van der Waals surface area contributed by atoms with Gasteiger partial charge in [-0.2, -0.15) is 13.2 Å². The molecule has 178 valence electrons. The lowest BCUT2D eigenvalue weighted by Crippen LogP contribution is -2.07. The number of aromatic nitrogens is 1. The number of thioether (sulfide) groups is 1. The number of carbonyl (C=O) groups is 1. The van der Waals surface area contributed by atoms with E-state index in [9.17, 15) is 18.0 Å². The van der Waals surface area contributed by atoms with Crippen molar-refractivity contribution in [3.8, 4) is 5.75 Å². The number of aryl methyl sites for hydroxylation is 1. The van der Waals surface area contributed by atoms with Crippen LogP contribution in [0.4, 0.5) is 13.2 Å². The third-order valence-electron chi connectivity index (χ3n) is 5.10. The Morgan fingerprint density at radius 2 is 2.06 bits per heavy atom. The van der Waals surface area contributed by atoms with Gasteiger partial charge >= 0.3 is 12.1 Å². The molecule has 0 saturated heterocycles. The second kappa shape index (κ2) is 10.7. The molecule has 5 nitrogen and oxygen atoms in total. The van der Waals surface area contributed by atoms with Crippen LogP contribution in [0.3, 0.4) is 0 Å². The number of aliphatic carboxylic acids is 1. The van der Waals surface area contributed by atoms with E-state index in [1.165, 1.54) is 23.9 Å². The lowest BCUT2D eigenvalue weighted by atomic mass is 10.0. The molecule has 10 heteroatoms. The van der Waals surface area contributed by atoms with Crippen LogP contribution in [0.1, 0.15) is 49.4 Å². The predicted octanol–water partition coefficient (Wildman–Crippen LogP) is 7.20. The van der Waals surface area contributed by atoms with E-state index in [4.69, 9.17) is 26.0 Å². The van der Waals surface area contributed by atoms with Gasteiger partial charge in [0.25, 0.3) is 0 Å². The molecule has 0 amide bonds. The smallest absolute Gasteiger partial charge is 0.437 e. The van der Waals surface area contributed by atoms with E-state index in [0.29, 0.717) is 53.5 Å². The van der Waals surface area contributed by atoms with Crippen molar-refractivity contribution < 1.29 is 32.3 Å². The van der Waals surface area contributed by atoms with Crippen molar-refractivity contribution in [1.29, 1.82) is 0 Å². The molecule has 0 fully saturated rings. The topological polar surface area (TPSA) is 72.6 Å². The molecule has 0 aliphatic heterocycles. The number of alkyl halides is 3. The van der Waals surface area contributed by atoms with E-state index >= 15 is 0 Å². The van der Waals surface area contributed by atoms with Gasteiger partial charge in [-0.25, -0.2) is 0 Å². The Morgan fingerprint density at radius 3 is 2.70 bits per heavy atom. The summed E-state index contributed by atoms with van der Waals surface area (Å²) in [5, 5.41) is 12.8. The molecule has 0 spiro atoms. The number of benzene rings is 2. The molecule has 1 N–H and O–H groups in total. The molecule has 0 aliphatic rings. The largest absolute Gasteiger partial charge is 0.493 e. The first kappa shape index (κ1) is 25.2. The van der Waals surface area contributed by atoms with Gasteiger partial charge in [0.15, 0.2) is 11.3 Å². The van der Waals surface area contributed by atoms with Crippen molar-refractivity contribution in [3.63, 3.8) is 0 Å². The van der Waals surface area contributed by atoms with Gasteiger partial charge in [0.2, 0.25) is 0 Å². The SMILES string of the molecule is CCCc1c(OCCCSc2ccc(C(C)C(=O)O)cc2Cl)ccc2c(C(F)(F)F)noc12. The summed E-state index contributed by atoms with van der Waals surface area (Å²) in [7, 11) is 0. The lowest BCUT2D eigenvalue weighted by Gasteiger charge is -2.12. The van der Waals surface area contributed by atoms with Gasteiger partial charge in [-0.15, -0.1) is 11.8 Å². The van der Waals surface area contributed by atoms with Gasteiger partial charge in [-0.05, 0) is 49.6 Å². The molecule has 2 aromatic carbocycles. The number of nitrogens with zero attached hydrogens (tertiary/aromatic N) is 1. The lowest BCUT2D eigenvalue weighted by molar-refractivity contribution is -0.141. The molecular weight excluding hydrogens is 479 g/mol. The summed E-state index contributed by atoms with van der Waals surface area (Å²) in [5.41, 5.74) is 0.300. The average Bonchev–Trinajstić information content (AvgIpc) is 3.20. The number of carboxylic acids is 1. The highest BCUT2D eigenvalue weighted by atomic mass is 35.5. The van der Waals surface area contributed by atoms with Gasteiger partial charge in [0.05, 0.1) is 22.9 Å². The minimum absolute atomic E-state index is 0.0656. The highest BCUT2D eigenvalue weighted by molar-refractivity contribution is 7.99.